The van der Waals surface area contributed by atoms with Gasteiger partial charge >= 0.3 is 18.1 Å². The summed E-state index contributed by atoms with van der Waals surface area (Å²) in [5.74, 6) is -3.70. The number of alkyl halides is 3. The van der Waals surface area contributed by atoms with Gasteiger partial charge in [-0.1, -0.05) is 0 Å². The largest absolute Gasteiger partial charge is 0.491 e. The first-order chi connectivity index (χ1) is 7.29. The standard InChI is InChI=1S/C8H11F3N2O3/c9-8(10,11)7(15)16-6(14)4-13-2-1-5(12)3-13/h5H,1-4,12H2/t5-/m0/s1. The van der Waals surface area contributed by atoms with Crippen LogP contribution in [0, 0.1) is 0 Å². The number of nitrogens with two attached hydrogens (primary N) is 1. The minimum absolute atomic E-state index is 0.0916. The average Bonchev–Trinajstić information content (AvgIpc) is 2.49. The van der Waals surface area contributed by atoms with Crippen molar-refractivity contribution in [3.63, 3.8) is 0 Å². The van der Waals surface area contributed by atoms with Gasteiger partial charge in [-0.25, -0.2) is 4.79 Å². The Bertz CT molecular complexity index is 293. The minimum atomic E-state index is -5.14. The van der Waals surface area contributed by atoms with Crippen molar-refractivity contribution >= 4 is 11.9 Å². The lowest BCUT2D eigenvalue weighted by Gasteiger charge is -2.13. The first kappa shape index (κ1) is 12.9. The average molecular weight is 240 g/mol. The van der Waals surface area contributed by atoms with Crippen LogP contribution in [0.15, 0.2) is 0 Å². The van der Waals surface area contributed by atoms with Gasteiger partial charge < -0.3 is 10.5 Å². The van der Waals surface area contributed by atoms with Gasteiger partial charge in [0, 0.05) is 19.1 Å². The molecule has 0 aromatic heterocycles. The third kappa shape index (κ3) is 3.78. The highest BCUT2D eigenvalue weighted by Gasteiger charge is 2.42. The van der Waals surface area contributed by atoms with E-state index in [1.165, 1.54) is 4.90 Å². The predicted octanol–water partition coefficient (Wildman–Crippen LogP) is -0.349. The Morgan fingerprint density at radius 3 is 2.50 bits per heavy atom. The number of nitrogens with zero attached hydrogens (tertiary/aromatic N) is 1. The molecule has 1 saturated heterocycles. The van der Waals surface area contributed by atoms with Crippen molar-refractivity contribution in [2.75, 3.05) is 19.6 Å². The van der Waals surface area contributed by atoms with E-state index in [1.807, 2.05) is 0 Å². The third-order valence-corrected chi connectivity index (χ3v) is 2.10. The Morgan fingerprint density at radius 1 is 1.44 bits per heavy atom. The van der Waals surface area contributed by atoms with Crippen LogP contribution in [-0.2, 0) is 14.3 Å². The molecule has 0 aromatic rings. The van der Waals surface area contributed by atoms with E-state index in [4.69, 9.17) is 5.73 Å². The van der Waals surface area contributed by atoms with Gasteiger partial charge in [-0.05, 0) is 6.42 Å². The molecule has 16 heavy (non-hydrogen) atoms. The van der Waals surface area contributed by atoms with Gasteiger partial charge in [0.1, 0.15) is 0 Å². The Hall–Kier alpha value is -1.15. The van der Waals surface area contributed by atoms with Crippen molar-refractivity contribution in [2.45, 2.75) is 18.6 Å². The second kappa shape index (κ2) is 4.79. The third-order valence-electron chi connectivity index (χ3n) is 2.10. The first-order valence-corrected chi connectivity index (χ1v) is 4.59. The smallest absolute Gasteiger partial charge is 0.385 e. The van der Waals surface area contributed by atoms with Crippen molar-refractivity contribution in [3.05, 3.63) is 0 Å². The number of hydrogen-bond donors (Lipinski definition) is 1. The van der Waals surface area contributed by atoms with E-state index in [-0.39, 0.29) is 12.6 Å². The van der Waals surface area contributed by atoms with E-state index in [0.29, 0.717) is 19.5 Å². The topological polar surface area (TPSA) is 72.6 Å². The molecule has 0 bridgehead atoms. The van der Waals surface area contributed by atoms with Crippen LogP contribution in [0.4, 0.5) is 13.2 Å². The highest BCUT2D eigenvalue weighted by molar-refractivity contribution is 5.89. The molecule has 5 nitrogen and oxygen atoms in total. The Labute approximate surface area is 89.3 Å². The molecule has 1 aliphatic heterocycles. The van der Waals surface area contributed by atoms with E-state index in [9.17, 15) is 22.8 Å². The number of rotatable bonds is 2. The Balaban J connectivity index is 2.34. The highest BCUT2D eigenvalue weighted by atomic mass is 19.4. The van der Waals surface area contributed by atoms with Crippen LogP contribution in [0.5, 0.6) is 0 Å². The van der Waals surface area contributed by atoms with Crippen molar-refractivity contribution in [2.24, 2.45) is 5.73 Å². The van der Waals surface area contributed by atoms with Crippen LogP contribution in [0.25, 0.3) is 0 Å². The van der Waals surface area contributed by atoms with Crippen LogP contribution in [-0.4, -0.2) is 48.7 Å². The molecule has 1 rings (SSSR count). The molecule has 0 radical (unpaired) electrons. The van der Waals surface area contributed by atoms with Crippen LogP contribution in [0.2, 0.25) is 0 Å². The quantitative estimate of drug-likeness (QED) is 0.527. The van der Waals surface area contributed by atoms with Gasteiger partial charge in [0.05, 0.1) is 6.54 Å². The summed E-state index contributed by atoms with van der Waals surface area (Å²) in [5, 5.41) is 0. The summed E-state index contributed by atoms with van der Waals surface area (Å²) in [7, 11) is 0. The summed E-state index contributed by atoms with van der Waals surface area (Å²) < 4.78 is 38.8. The predicted molar refractivity (Wildman–Crippen MR) is 46.2 cm³/mol. The van der Waals surface area contributed by atoms with Crippen molar-refractivity contribution < 1.29 is 27.5 Å². The molecule has 92 valence electrons. The van der Waals surface area contributed by atoms with Crippen LogP contribution < -0.4 is 5.73 Å². The van der Waals surface area contributed by atoms with Gasteiger partial charge in [-0.15, -0.1) is 0 Å². The molecule has 0 aliphatic carbocycles. The van der Waals surface area contributed by atoms with Crippen molar-refractivity contribution in [1.82, 2.24) is 4.90 Å². The fraction of sp³-hybridized carbons (Fsp3) is 0.750. The molecule has 0 unspecified atom stereocenters. The number of ether oxygens (including phenoxy) is 1. The molecular formula is C8H11F3N2O3. The maximum absolute atomic E-state index is 11.7. The molecule has 1 aliphatic rings. The number of carbonyl (C=O) groups is 2. The first-order valence-electron chi connectivity index (χ1n) is 4.59. The summed E-state index contributed by atoms with van der Waals surface area (Å²) in [4.78, 5) is 22.8. The van der Waals surface area contributed by atoms with Gasteiger partial charge in [0.15, 0.2) is 0 Å². The summed E-state index contributed by atoms with van der Waals surface area (Å²) in [5.41, 5.74) is 5.53. The number of esters is 2. The van der Waals surface area contributed by atoms with Crippen LogP contribution >= 0.6 is 0 Å². The maximum Gasteiger partial charge on any atom is 0.491 e. The van der Waals surface area contributed by atoms with Crippen molar-refractivity contribution in [1.29, 1.82) is 0 Å². The zero-order chi connectivity index (χ0) is 12.3. The minimum Gasteiger partial charge on any atom is -0.385 e. The molecule has 1 fully saturated rings. The van der Waals surface area contributed by atoms with Gasteiger partial charge in [-0.3, -0.25) is 9.69 Å². The second-order valence-electron chi connectivity index (χ2n) is 3.54. The normalized spacial score (nSPS) is 22.1. The lowest BCUT2D eigenvalue weighted by molar-refractivity contribution is -0.202. The fourth-order valence-electron chi connectivity index (χ4n) is 1.38. The lowest BCUT2D eigenvalue weighted by Crippen LogP contribution is -2.35. The van der Waals surface area contributed by atoms with E-state index < -0.39 is 18.1 Å². The number of halogens is 3. The summed E-state index contributed by atoms with van der Waals surface area (Å²) in [6.45, 7) is 0.571. The van der Waals surface area contributed by atoms with E-state index in [2.05, 4.69) is 4.74 Å². The Kier molecular flexibility index (Phi) is 3.87. The van der Waals surface area contributed by atoms with Gasteiger partial charge in [0.25, 0.3) is 0 Å². The highest BCUT2D eigenvalue weighted by Crippen LogP contribution is 2.16. The molecule has 0 saturated carbocycles. The van der Waals surface area contributed by atoms with Crippen LogP contribution in [0.3, 0.4) is 0 Å². The van der Waals surface area contributed by atoms with Crippen molar-refractivity contribution in [3.8, 4) is 0 Å². The Morgan fingerprint density at radius 2 is 2.06 bits per heavy atom. The molecular weight excluding hydrogens is 229 g/mol. The molecule has 1 heterocycles. The summed E-state index contributed by atoms with van der Waals surface area (Å²) >= 11 is 0. The zero-order valence-corrected chi connectivity index (χ0v) is 8.29. The van der Waals surface area contributed by atoms with E-state index >= 15 is 0 Å². The van der Waals surface area contributed by atoms with E-state index in [0.717, 1.165) is 0 Å². The van der Waals surface area contributed by atoms with E-state index in [1.54, 1.807) is 0 Å². The number of hydrogen-bond acceptors (Lipinski definition) is 5. The molecule has 8 heteroatoms. The maximum atomic E-state index is 11.7. The second-order valence-corrected chi connectivity index (χ2v) is 3.54. The summed E-state index contributed by atoms with van der Waals surface area (Å²) in [6.07, 6.45) is -4.47. The molecule has 2 N–H and O–H groups in total. The molecule has 0 aromatic carbocycles. The SMILES string of the molecule is N[C@H]1CCN(CC(=O)OC(=O)C(F)(F)F)C1. The fourth-order valence-corrected chi connectivity index (χ4v) is 1.38. The zero-order valence-electron chi connectivity index (χ0n) is 8.29. The lowest BCUT2D eigenvalue weighted by atomic mass is 10.3. The molecule has 0 amide bonds. The summed E-state index contributed by atoms with van der Waals surface area (Å²) in [6, 6.07) is -0.0916. The van der Waals surface area contributed by atoms with Gasteiger partial charge in [-0.2, -0.15) is 13.2 Å². The van der Waals surface area contributed by atoms with Crippen LogP contribution in [0.1, 0.15) is 6.42 Å². The van der Waals surface area contributed by atoms with Gasteiger partial charge in [0.2, 0.25) is 0 Å². The molecule has 0 spiro atoms. The number of likely N-dealkylation sites (tertiary alicyclic amines) is 1. The monoisotopic (exact) mass is 240 g/mol. The molecule has 1 atom stereocenters. The number of carbonyl (C=O) groups excluding carboxylic acids is 2.